The minimum absolute atomic E-state index is 0.141. The van der Waals surface area contributed by atoms with Crippen LogP contribution in [0.5, 0.6) is 5.75 Å². The lowest BCUT2D eigenvalue weighted by Gasteiger charge is -2.12. The third kappa shape index (κ3) is 4.42. The maximum atomic E-state index is 6.00. The van der Waals surface area contributed by atoms with Crippen molar-refractivity contribution >= 4 is 11.8 Å². The maximum absolute atomic E-state index is 6.00. The molecule has 0 saturated carbocycles. The molecule has 0 radical (unpaired) electrons. The molecule has 2 aromatic carbocycles. The van der Waals surface area contributed by atoms with Crippen LogP contribution in [0.1, 0.15) is 23.6 Å². The number of pyridine rings is 1. The number of hydrogen-bond acceptors (Lipinski definition) is 8. The van der Waals surface area contributed by atoms with Gasteiger partial charge in [-0.25, -0.2) is 0 Å². The molecule has 5 aromatic rings. The number of hydrogen-bond donors (Lipinski definition) is 0. The Labute approximate surface area is 201 Å². The van der Waals surface area contributed by atoms with Gasteiger partial charge in [-0.1, -0.05) is 29.5 Å². The van der Waals surface area contributed by atoms with Crippen LogP contribution in [-0.2, 0) is 0 Å². The number of aryl methyl sites for hydroxylation is 1. The van der Waals surface area contributed by atoms with Gasteiger partial charge in [0.1, 0.15) is 5.75 Å². The van der Waals surface area contributed by atoms with Gasteiger partial charge in [0, 0.05) is 29.2 Å². The van der Waals surface area contributed by atoms with Crippen LogP contribution in [0, 0.1) is 6.92 Å². The Morgan fingerprint density at radius 2 is 1.71 bits per heavy atom. The lowest BCUT2D eigenvalue weighted by molar-refractivity contribution is 0.414. The summed E-state index contributed by atoms with van der Waals surface area (Å²) in [6.07, 6.45) is 3.48. The molecule has 0 saturated heterocycles. The van der Waals surface area contributed by atoms with Crippen molar-refractivity contribution in [3.8, 4) is 34.3 Å². The van der Waals surface area contributed by atoms with Crippen LogP contribution in [0.15, 0.2) is 82.6 Å². The van der Waals surface area contributed by atoms with Crippen LogP contribution in [0.25, 0.3) is 28.5 Å². The summed E-state index contributed by atoms with van der Waals surface area (Å²) in [5.74, 6) is 2.52. The van der Waals surface area contributed by atoms with Gasteiger partial charge in [-0.3, -0.25) is 9.55 Å². The van der Waals surface area contributed by atoms with Gasteiger partial charge in [-0.15, -0.1) is 20.4 Å². The van der Waals surface area contributed by atoms with Crippen molar-refractivity contribution in [1.29, 1.82) is 0 Å². The van der Waals surface area contributed by atoms with Crippen molar-refractivity contribution in [1.82, 2.24) is 29.9 Å². The molecule has 5 rings (SSSR count). The lowest BCUT2D eigenvalue weighted by atomic mass is 10.1. The van der Waals surface area contributed by atoms with Crippen LogP contribution in [0.2, 0.25) is 0 Å². The van der Waals surface area contributed by atoms with E-state index in [-0.39, 0.29) is 5.25 Å². The molecule has 0 spiro atoms. The van der Waals surface area contributed by atoms with Crippen molar-refractivity contribution in [3.63, 3.8) is 0 Å². The Hall–Kier alpha value is -3.98. The van der Waals surface area contributed by atoms with E-state index < -0.39 is 0 Å². The third-order valence-corrected chi connectivity index (χ3v) is 6.27. The second-order valence-corrected chi connectivity index (χ2v) is 8.96. The predicted octanol–water partition coefficient (Wildman–Crippen LogP) is 5.55. The second-order valence-electron chi connectivity index (χ2n) is 7.65. The van der Waals surface area contributed by atoms with Gasteiger partial charge >= 0.3 is 0 Å². The van der Waals surface area contributed by atoms with Gasteiger partial charge in [-0.2, -0.15) is 0 Å². The molecule has 3 heterocycles. The Bertz CT molecular complexity index is 1400. The van der Waals surface area contributed by atoms with E-state index in [4.69, 9.17) is 9.15 Å². The zero-order valence-corrected chi connectivity index (χ0v) is 19.7. The summed E-state index contributed by atoms with van der Waals surface area (Å²) in [4.78, 5) is 4.12. The SMILES string of the molecule is COc1ccc(-n2c(SC(C)c3nnc(-c4cccc(C)c4)o3)nnc2-c2ccncc2)cc1. The first-order chi connectivity index (χ1) is 16.6. The van der Waals surface area contributed by atoms with E-state index in [2.05, 4.69) is 25.4 Å². The largest absolute Gasteiger partial charge is 0.497 e. The Morgan fingerprint density at radius 3 is 2.44 bits per heavy atom. The van der Waals surface area contributed by atoms with Crippen molar-refractivity contribution in [2.45, 2.75) is 24.3 Å². The number of aromatic nitrogens is 6. The van der Waals surface area contributed by atoms with E-state index in [1.807, 2.05) is 79.1 Å². The van der Waals surface area contributed by atoms with Crippen molar-refractivity contribution in [2.24, 2.45) is 0 Å². The minimum atomic E-state index is -0.141. The number of methoxy groups -OCH3 is 1. The van der Waals surface area contributed by atoms with Crippen LogP contribution in [0.4, 0.5) is 0 Å². The van der Waals surface area contributed by atoms with Crippen LogP contribution >= 0.6 is 11.8 Å². The first kappa shape index (κ1) is 21.8. The maximum Gasteiger partial charge on any atom is 0.247 e. The molecule has 3 aromatic heterocycles. The third-order valence-electron chi connectivity index (χ3n) is 5.24. The Kier molecular flexibility index (Phi) is 6.09. The van der Waals surface area contributed by atoms with Gasteiger partial charge in [0.2, 0.25) is 11.8 Å². The van der Waals surface area contributed by atoms with Crippen molar-refractivity contribution in [2.75, 3.05) is 7.11 Å². The number of rotatable bonds is 7. The number of nitrogens with zero attached hydrogens (tertiary/aromatic N) is 6. The fourth-order valence-corrected chi connectivity index (χ4v) is 4.40. The van der Waals surface area contributed by atoms with Crippen LogP contribution < -0.4 is 4.74 Å². The quantitative estimate of drug-likeness (QED) is 0.286. The van der Waals surface area contributed by atoms with Gasteiger partial charge in [-0.05, 0) is 62.4 Å². The topological polar surface area (TPSA) is 91.8 Å². The van der Waals surface area contributed by atoms with E-state index >= 15 is 0 Å². The van der Waals surface area contributed by atoms with Crippen molar-refractivity contribution < 1.29 is 9.15 Å². The predicted molar refractivity (Wildman–Crippen MR) is 130 cm³/mol. The molecule has 0 N–H and O–H groups in total. The monoisotopic (exact) mass is 470 g/mol. The van der Waals surface area contributed by atoms with E-state index in [0.717, 1.165) is 28.1 Å². The number of thioether (sulfide) groups is 1. The van der Waals surface area contributed by atoms with Gasteiger partial charge in [0.05, 0.1) is 12.4 Å². The molecule has 0 aliphatic heterocycles. The molecule has 9 heteroatoms. The van der Waals surface area contributed by atoms with Crippen LogP contribution in [0.3, 0.4) is 0 Å². The molecule has 1 atom stereocenters. The Morgan fingerprint density at radius 1 is 0.912 bits per heavy atom. The molecule has 0 aliphatic rings. The number of ether oxygens (including phenoxy) is 1. The molecule has 0 bridgehead atoms. The normalized spacial score (nSPS) is 12.0. The highest BCUT2D eigenvalue weighted by atomic mass is 32.2. The fourth-order valence-electron chi connectivity index (χ4n) is 3.50. The average molecular weight is 471 g/mol. The first-order valence-corrected chi connectivity index (χ1v) is 11.6. The van der Waals surface area contributed by atoms with E-state index in [9.17, 15) is 0 Å². The molecule has 1 unspecified atom stereocenters. The average Bonchev–Trinajstić information content (AvgIpc) is 3.53. The molecule has 0 aliphatic carbocycles. The molecular weight excluding hydrogens is 448 g/mol. The fraction of sp³-hybridized carbons (Fsp3) is 0.160. The zero-order valence-electron chi connectivity index (χ0n) is 18.9. The van der Waals surface area contributed by atoms with E-state index in [0.29, 0.717) is 22.8 Å². The van der Waals surface area contributed by atoms with Crippen LogP contribution in [-0.4, -0.2) is 37.1 Å². The van der Waals surface area contributed by atoms with E-state index in [1.54, 1.807) is 19.5 Å². The summed E-state index contributed by atoms with van der Waals surface area (Å²) in [5.41, 5.74) is 3.86. The highest BCUT2D eigenvalue weighted by molar-refractivity contribution is 7.99. The molecule has 34 heavy (non-hydrogen) atoms. The zero-order chi connectivity index (χ0) is 23.5. The molecule has 8 nitrogen and oxygen atoms in total. The van der Waals surface area contributed by atoms with E-state index in [1.165, 1.54) is 11.8 Å². The standard InChI is InChI=1S/C25H22N6O2S/c1-16-5-4-6-19(15-16)24-29-28-23(33-24)17(2)34-25-30-27-22(18-11-13-26-14-12-18)31(25)20-7-9-21(32-3)10-8-20/h4-15,17H,1-3H3. The molecular formula is C25H22N6O2S. The smallest absolute Gasteiger partial charge is 0.247 e. The highest BCUT2D eigenvalue weighted by Crippen LogP contribution is 2.37. The van der Waals surface area contributed by atoms with Crippen molar-refractivity contribution in [3.05, 3.63) is 84.5 Å². The van der Waals surface area contributed by atoms with Gasteiger partial charge in [0.15, 0.2) is 11.0 Å². The van der Waals surface area contributed by atoms with Gasteiger partial charge in [0.25, 0.3) is 0 Å². The lowest BCUT2D eigenvalue weighted by Crippen LogP contribution is -2.01. The first-order valence-electron chi connectivity index (χ1n) is 10.7. The Balaban J connectivity index is 1.48. The molecule has 0 amide bonds. The summed E-state index contributed by atoms with van der Waals surface area (Å²) in [5, 5.41) is 18.1. The second kappa shape index (κ2) is 9.48. The summed E-state index contributed by atoms with van der Waals surface area (Å²) < 4.78 is 13.3. The minimum Gasteiger partial charge on any atom is -0.497 e. The summed E-state index contributed by atoms with van der Waals surface area (Å²) in [6, 6.07) is 19.6. The summed E-state index contributed by atoms with van der Waals surface area (Å²) in [7, 11) is 1.65. The van der Waals surface area contributed by atoms with Gasteiger partial charge < -0.3 is 9.15 Å². The summed E-state index contributed by atoms with van der Waals surface area (Å²) >= 11 is 1.50. The molecule has 0 fully saturated rings. The molecule has 170 valence electrons. The number of benzene rings is 2. The summed E-state index contributed by atoms with van der Waals surface area (Å²) in [6.45, 7) is 4.04. The highest BCUT2D eigenvalue weighted by Gasteiger charge is 2.22.